The van der Waals surface area contributed by atoms with Gasteiger partial charge in [-0.3, -0.25) is 0 Å². The molecular formula is C8H7LiO. The van der Waals surface area contributed by atoms with E-state index in [0.29, 0.717) is 0 Å². The summed E-state index contributed by atoms with van der Waals surface area (Å²) in [6.07, 6.45) is 3.49. The SMILES string of the molecule is [H-].[Li+].c1ccc2cocc2c1. The second-order valence-electron chi connectivity index (χ2n) is 2.00. The molecule has 0 fully saturated rings. The fourth-order valence-corrected chi connectivity index (χ4v) is 0.906. The molecule has 0 atom stereocenters. The van der Waals surface area contributed by atoms with Gasteiger partial charge in [-0.1, -0.05) is 24.3 Å². The largest absolute Gasteiger partial charge is 1.00 e. The van der Waals surface area contributed by atoms with Crippen LogP contribution in [0.1, 0.15) is 1.43 Å². The third-order valence-electron chi connectivity index (χ3n) is 1.39. The van der Waals surface area contributed by atoms with Crippen molar-refractivity contribution in [1.29, 1.82) is 0 Å². The predicted octanol–water partition coefficient (Wildman–Crippen LogP) is -0.451. The summed E-state index contributed by atoms with van der Waals surface area (Å²) in [5.41, 5.74) is 0. The molecule has 0 spiro atoms. The maximum atomic E-state index is 4.96. The first-order valence-corrected chi connectivity index (χ1v) is 2.88. The monoisotopic (exact) mass is 126 g/mol. The fraction of sp³-hybridized carbons (Fsp3) is 0. The molecule has 46 valence electrons. The van der Waals surface area contributed by atoms with Crippen LogP contribution in [0.4, 0.5) is 0 Å². The number of fused-ring (bicyclic) bond motifs is 1. The maximum Gasteiger partial charge on any atom is 1.00 e. The van der Waals surface area contributed by atoms with Gasteiger partial charge < -0.3 is 5.84 Å². The van der Waals surface area contributed by atoms with Crippen LogP contribution < -0.4 is 18.9 Å². The van der Waals surface area contributed by atoms with E-state index in [1.54, 1.807) is 12.5 Å². The standard InChI is InChI=1S/C8H6O.Li.H/c1-2-4-8-6-9-5-7(8)3-1;;/h1-6H;;/q;+1;-1. The zero-order chi connectivity index (χ0) is 6.10. The first-order chi connectivity index (χ1) is 4.47. The average Bonchev–Trinajstić information content (AvgIpc) is 2.33. The van der Waals surface area contributed by atoms with Gasteiger partial charge in [-0.15, -0.1) is 0 Å². The molecule has 1 aromatic carbocycles. The van der Waals surface area contributed by atoms with Gasteiger partial charge in [-0.2, -0.15) is 0 Å². The molecule has 0 N–H and O–H groups in total. The summed E-state index contributed by atoms with van der Waals surface area (Å²) in [7, 11) is 0. The summed E-state index contributed by atoms with van der Waals surface area (Å²) in [5.74, 6) is 0. The van der Waals surface area contributed by atoms with E-state index in [1.165, 1.54) is 0 Å². The molecule has 10 heavy (non-hydrogen) atoms. The first-order valence-electron chi connectivity index (χ1n) is 2.88. The van der Waals surface area contributed by atoms with Gasteiger partial charge in [0.1, 0.15) is 0 Å². The van der Waals surface area contributed by atoms with Crippen LogP contribution in [0.3, 0.4) is 0 Å². The van der Waals surface area contributed by atoms with Crippen molar-refractivity contribution in [2.75, 3.05) is 0 Å². The summed E-state index contributed by atoms with van der Waals surface area (Å²) in [6, 6.07) is 8.05. The van der Waals surface area contributed by atoms with Gasteiger partial charge in [0.2, 0.25) is 0 Å². The molecule has 0 saturated carbocycles. The third kappa shape index (κ3) is 1.11. The van der Waals surface area contributed by atoms with Crippen LogP contribution in [-0.4, -0.2) is 0 Å². The van der Waals surface area contributed by atoms with Crippen LogP contribution in [0.5, 0.6) is 0 Å². The summed E-state index contributed by atoms with van der Waals surface area (Å²) in [5, 5.41) is 2.33. The van der Waals surface area contributed by atoms with Crippen LogP contribution in [0, 0.1) is 0 Å². The van der Waals surface area contributed by atoms with Crippen molar-refractivity contribution in [2.45, 2.75) is 0 Å². The van der Waals surface area contributed by atoms with Crippen LogP contribution in [0.2, 0.25) is 0 Å². The van der Waals surface area contributed by atoms with E-state index < -0.39 is 0 Å². The normalized spacial score (nSPS) is 9.20. The van der Waals surface area contributed by atoms with E-state index >= 15 is 0 Å². The molecule has 2 aromatic rings. The fourth-order valence-electron chi connectivity index (χ4n) is 0.906. The molecule has 2 heteroatoms. The Hall–Kier alpha value is -0.643. The molecule has 1 nitrogen and oxygen atoms in total. The third-order valence-corrected chi connectivity index (χ3v) is 1.39. The quantitative estimate of drug-likeness (QED) is 0.436. The smallest absolute Gasteiger partial charge is 1.00 e. The van der Waals surface area contributed by atoms with Crippen molar-refractivity contribution in [3.05, 3.63) is 36.8 Å². The minimum absolute atomic E-state index is 0. The van der Waals surface area contributed by atoms with Crippen LogP contribution in [-0.2, 0) is 0 Å². The maximum absolute atomic E-state index is 4.96. The first kappa shape index (κ1) is 7.46. The van der Waals surface area contributed by atoms with Crippen LogP contribution in [0.25, 0.3) is 10.8 Å². The number of rotatable bonds is 0. The Kier molecular flexibility index (Phi) is 2.21. The van der Waals surface area contributed by atoms with E-state index in [9.17, 15) is 0 Å². The number of hydrogen-bond donors (Lipinski definition) is 0. The summed E-state index contributed by atoms with van der Waals surface area (Å²) in [4.78, 5) is 0. The zero-order valence-electron chi connectivity index (χ0n) is 6.87. The van der Waals surface area contributed by atoms with Crippen molar-refractivity contribution in [2.24, 2.45) is 0 Å². The Morgan fingerprint density at radius 1 is 1.00 bits per heavy atom. The molecule has 1 aromatic heterocycles. The Bertz CT molecular complexity index is 288. The Labute approximate surface area is 72.7 Å². The van der Waals surface area contributed by atoms with E-state index in [1.807, 2.05) is 24.3 Å². The van der Waals surface area contributed by atoms with Gasteiger partial charge in [-0.25, -0.2) is 0 Å². The Morgan fingerprint density at radius 2 is 1.50 bits per heavy atom. The van der Waals surface area contributed by atoms with Crippen molar-refractivity contribution in [1.82, 2.24) is 0 Å². The molecular weight excluding hydrogens is 119 g/mol. The second kappa shape index (κ2) is 2.96. The van der Waals surface area contributed by atoms with Crippen LogP contribution >= 0.6 is 0 Å². The Balaban J connectivity index is 0.000000500. The molecule has 0 aliphatic carbocycles. The van der Waals surface area contributed by atoms with E-state index in [4.69, 9.17) is 4.42 Å². The minimum atomic E-state index is 0. The van der Waals surface area contributed by atoms with Crippen molar-refractivity contribution < 1.29 is 24.7 Å². The summed E-state index contributed by atoms with van der Waals surface area (Å²) >= 11 is 0. The second-order valence-corrected chi connectivity index (χ2v) is 2.00. The number of furan rings is 1. The van der Waals surface area contributed by atoms with Crippen LogP contribution in [0.15, 0.2) is 41.2 Å². The average molecular weight is 126 g/mol. The summed E-state index contributed by atoms with van der Waals surface area (Å²) < 4.78 is 4.96. The zero-order valence-corrected chi connectivity index (χ0v) is 5.87. The molecule has 2 rings (SSSR count). The van der Waals surface area contributed by atoms with E-state index in [2.05, 4.69) is 0 Å². The predicted molar refractivity (Wildman–Crippen MR) is 37.3 cm³/mol. The van der Waals surface area contributed by atoms with Gasteiger partial charge in [-0.05, 0) is 0 Å². The molecule has 0 unspecified atom stereocenters. The van der Waals surface area contributed by atoms with Gasteiger partial charge in [0.05, 0.1) is 12.5 Å². The minimum Gasteiger partial charge on any atom is -1.00 e. The molecule has 1 heterocycles. The molecule has 0 saturated heterocycles. The molecule has 0 bridgehead atoms. The van der Waals surface area contributed by atoms with E-state index in [0.717, 1.165) is 10.8 Å². The van der Waals surface area contributed by atoms with Gasteiger partial charge in [0.15, 0.2) is 0 Å². The van der Waals surface area contributed by atoms with Gasteiger partial charge in [0.25, 0.3) is 0 Å². The Morgan fingerprint density at radius 3 is 2.00 bits per heavy atom. The van der Waals surface area contributed by atoms with E-state index in [-0.39, 0.29) is 20.3 Å². The van der Waals surface area contributed by atoms with Gasteiger partial charge >= 0.3 is 18.9 Å². The van der Waals surface area contributed by atoms with Crippen molar-refractivity contribution in [3.63, 3.8) is 0 Å². The molecule has 0 amide bonds. The molecule has 0 aliphatic rings. The number of hydrogen-bond acceptors (Lipinski definition) is 1. The van der Waals surface area contributed by atoms with Crippen molar-refractivity contribution in [3.8, 4) is 0 Å². The molecule has 0 radical (unpaired) electrons. The number of benzene rings is 1. The summed E-state index contributed by atoms with van der Waals surface area (Å²) in [6.45, 7) is 0. The molecule has 0 aliphatic heterocycles. The topological polar surface area (TPSA) is 13.1 Å². The van der Waals surface area contributed by atoms with Crippen molar-refractivity contribution >= 4 is 10.8 Å². The van der Waals surface area contributed by atoms with Gasteiger partial charge in [0, 0.05) is 10.8 Å².